The molecule has 0 saturated carbocycles. The molecule has 1 atom stereocenters. The van der Waals surface area contributed by atoms with Gasteiger partial charge in [0.05, 0.1) is 4.90 Å². The average Bonchev–Trinajstić information content (AvgIpc) is 2.41. The van der Waals surface area contributed by atoms with E-state index in [0.717, 1.165) is 31.5 Å². The highest BCUT2D eigenvalue weighted by Crippen LogP contribution is 2.20. The van der Waals surface area contributed by atoms with Crippen molar-refractivity contribution in [2.75, 3.05) is 19.6 Å². The van der Waals surface area contributed by atoms with Gasteiger partial charge < -0.3 is 5.32 Å². The second-order valence-corrected chi connectivity index (χ2v) is 7.15. The van der Waals surface area contributed by atoms with Crippen molar-refractivity contribution in [3.63, 3.8) is 0 Å². The van der Waals surface area contributed by atoms with Crippen molar-refractivity contribution in [1.29, 1.82) is 0 Å². The summed E-state index contributed by atoms with van der Waals surface area (Å²) in [6.45, 7) is 4.22. The number of nitrogens with one attached hydrogen (secondary N) is 2. The lowest BCUT2D eigenvalue weighted by molar-refractivity contribution is 0.376. The van der Waals surface area contributed by atoms with Crippen LogP contribution in [-0.4, -0.2) is 28.1 Å². The Morgan fingerprint density at radius 1 is 1.47 bits per heavy atom. The van der Waals surface area contributed by atoms with Crippen molar-refractivity contribution in [2.24, 2.45) is 5.92 Å². The topological polar surface area (TPSA) is 58.2 Å². The average molecular weight is 303 g/mol. The molecule has 0 aliphatic carbocycles. The zero-order valence-corrected chi connectivity index (χ0v) is 12.5. The van der Waals surface area contributed by atoms with Gasteiger partial charge in [0.25, 0.3) is 0 Å². The van der Waals surface area contributed by atoms with Crippen LogP contribution in [0.5, 0.6) is 0 Å². The summed E-state index contributed by atoms with van der Waals surface area (Å²) in [6, 6.07) is 4.81. The molecule has 1 saturated heterocycles. The van der Waals surface area contributed by atoms with Crippen LogP contribution in [0, 0.1) is 12.8 Å². The Bertz CT molecular complexity index is 540. The van der Waals surface area contributed by atoms with Crippen LogP contribution < -0.4 is 10.0 Å². The molecule has 1 aromatic rings. The van der Waals surface area contributed by atoms with Crippen molar-refractivity contribution in [1.82, 2.24) is 10.0 Å². The van der Waals surface area contributed by atoms with E-state index in [-0.39, 0.29) is 4.90 Å². The standard InChI is InChI=1S/C13H19ClN2O2S/c1-10-4-5-12(7-13(10)14)19(17,18)16-9-11-3-2-6-15-8-11/h4-5,7,11,15-16H,2-3,6,8-9H2,1H3/t11-/m1/s1. The summed E-state index contributed by atoms with van der Waals surface area (Å²) in [5.74, 6) is 0.365. The van der Waals surface area contributed by atoms with Gasteiger partial charge in [-0.15, -0.1) is 0 Å². The SMILES string of the molecule is Cc1ccc(S(=O)(=O)NC[C@@H]2CCCNC2)cc1Cl. The predicted molar refractivity (Wildman–Crippen MR) is 77.0 cm³/mol. The zero-order valence-electron chi connectivity index (χ0n) is 10.9. The van der Waals surface area contributed by atoms with Crippen molar-refractivity contribution >= 4 is 21.6 Å². The molecule has 1 aliphatic heterocycles. The van der Waals surface area contributed by atoms with Crippen LogP contribution in [-0.2, 0) is 10.0 Å². The van der Waals surface area contributed by atoms with Crippen LogP contribution in [0.3, 0.4) is 0 Å². The highest BCUT2D eigenvalue weighted by molar-refractivity contribution is 7.89. The number of hydrogen-bond acceptors (Lipinski definition) is 3. The Balaban J connectivity index is 2.02. The van der Waals surface area contributed by atoms with Gasteiger partial charge in [-0.2, -0.15) is 0 Å². The summed E-state index contributed by atoms with van der Waals surface area (Å²) in [5, 5.41) is 3.75. The van der Waals surface area contributed by atoms with E-state index >= 15 is 0 Å². The van der Waals surface area contributed by atoms with Gasteiger partial charge in [0, 0.05) is 11.6 Å². The third-order valence-corrected chi connectivity index (χ3v) is 5.24. The van der Waals surface area contributed by atoms with Gasteiger partial charge >= 0.3 is 0 Å². The maximum absolute atomic E-state index is 12.1. The molecular formula is C13H19ClN2O2S. The fourth-order valence-electron chi connectivity index (χ4n) is 2.15. The van der Waals surface area contributed by atoms with Crippen LogP contribution >= 0.6 is 11.6 Å². The summed E-state index contributed by atoms with van der Waals surface area (Å²) in [4.78, 5) is 0.229. The molecule has 0 aromatic heterocycles. The van der Waals surface area contributed by atoms with Crippen molar-refractivity contribution in [3.8, 4) is 0 Å². The molecule has 0 radical (unpaired) electrons. The quantitative estimate of drug-likeness (QED) is 0.893. The highest BCUT2D eigenvalue weighted by Gasteiger charge is 2.19. The molecule has 0 unspecified atom stereocenters. The lowest BCUT2D eigenvalue weighted by Gasteiger charge is -2.22. The fraction of sp³-hybridized carbons (Fsp3) is 0.538. The second kappa shape index (κ2) is 6.22. The number of benzene rings is 1. The van der Waals surface area contributed by atoms with Crippen LogP contribution in [0.2, 0.25) is 5.02 Å². The first-order chi connectivity index (χ1) is 8.99. The minimum atomic E-state index is -3.46. The van der Waals surface area contributed by atoms with Crippen LogP contribution in [0.15, 0.2) is 23.1 Å². The molecule has 0 amide bonds. The van der Waals surface area contributed by atoms with Crippen LogP contribution in [0.1, 0.15) is 18.4 Å². The summed E-state index contributed by atoms with van der Waals surface area (Å²) >= 11 is 5.97. The van der Waals surface area contributed by atoms with Gasteiger partial charge in [-0.3, -0.25) is 0 Å². The van der Waals surface area contributed by atoms with Crippen molar-refractivity contribution in [2.45, 2.75) is 24.7 Å². The molecule has 6 heteroatoms. The number of hydrogen-bond donors (Lipinski definition) is 2. The van der Waals surface area contributed by atoms with E-state index < -0.39 is 10.0 Å². The molecule has 1 aliphatic rings. The van der Waals surface area contributed by atoms with E-state index in [1.54, 1.807) is 12.1 Å². The summed E-state index contributed by atoms with van der Waals surface area (Å²) in [7, 11) is -3.46. The van der Waals surface area contributed by atoms with Gasteiger partial charge in [0.2, 0.25) is 10.0 Å². The summed E-state index contributed by atoms with van der Waals surface area (Å²) in [5.41, 5.74) is 0.872. The molecule has 0 spiro atoms. The summed E-state index contributed by atoms with van der Waals surface area (Å²) in [6.07, 6.45) is 2.16. The Labute approximate surface area is 119 Å². The fourth-order valence-corrected chi connectivity index (χ4v) is 3.54. The lowest BCUT2D eigenvalue weighted by atomic mass is 10.0. The summed E-state index contributed by atoms with van der Waals surface area (Å²) < 4.78 is 27.0. The first-order valence-corrected chi connectivity index (χ1v) is 8.32. The van der Waals surface area contributed by atoms with Gasteiger partial charge in [0.1, 0.15) is 0 Å². The maximum Gasteiger partial charge on any atom is 0.240 e. The molecule has 106 valence electrons. The van der Waals surface area contributed by atoms with E-state index in [0.29, 0.717) is 17.5 Å². The first kappa shape index (κ1) is 14.8. The largest absolute Gasteiger partial charge is 0.316 e. The van der Waals surface area contributed by atoms with E-state index in [2.05, 4.69) is 10.0 Å². The Morgan fingerprint density at radius 2 is 2.26 bits per heavy atom. The Kier molecular flexibility index (Phi) is 4.84. The molecule has 19 heavy (non-hydrogen) atoms. The number of sulfonamides is 1. The predicted octanol–water partition coefficient (Wildman–Crippen LogP) is 1.93. The maximum atomic E-state index is 12.1. The smallest absolute Gasteiger partial charge is 0.240 e. The molecule has 2 rings (SSSR count). The number of halogens is 1. The van der Waals surface area contributed by atoms with Crippen molar-refractivity contribution < 1.29 is 8.42 Å². The van der Waals surface area contributed by atoms with Gasteiger partial charge in [0.15, 0.2) is 0 Å². The van der Waals surface area contributed by atoms with E-state index in [4.69, 9.17) is 11.6 Å². The minimum absolute atomic E-state index is 0.229. The molecule has 4 nitrogen and oxygen atoms in total. The minimum Gasteiger partial charge on any atom is -0.316 e. The lowest BCUT2D eigenvalue weighted by Crippen LogP contribution is -2.38. The first-order valence-electron chi connectivity index (χ1n) is 6.45. The van der Waals surface area contributed by atoms with Crippen molar-refractivity contribution in [3.05, 3.63) is 28.8 Å². The van der Waals surface area contributed by atoms with Gasteiger partial charge in [-0.05, 0) is 56.5 Å². The number of aryl methyl sites for hydroxylation is 1. The Hall–Kier alpha value is -0.620. The normalized spacial score (nSPS) is 20.4. The molecule has 1 fully saturated rings. The third kappa shape index (κ3) is 3.92. The van der Waals surface area contributed by atoms with Crippen LogP contribution in [0.25, 0.3) is 0 Å². The number of rotatable bonds is 4. The Morgan fingerprint density at radius 3 is 2.89 bits per heavy atom. The monoisotopic (exact) mass is 302 g/mol. The third-order valence-electron chi connectivity index (χ3n) is 3.41. The van der Waals surface area contributed by atoms with Gasteiger partial charge in [-0.25, -0.2) is 13.1 Å². The number of piperidine rings is 1. The van der Waals surface area contributed by atoms with Crippen LogP contribution in [0.4, 0.5) is 0 Å². The molecule has 0 bridgehead atoms. The van der Waals surface area contributed by atoms with E-state index in [1.165, 1.54) is 6.07 Å². The zero-order chi connectivity index (χ0) is 13.9. The molecule has 1 heterocycles. The highest BCUT2D eigenvalue weighted by atomic mass is 35.5. The molecule has 2 N–H and O–H groups in total. The second-order valence-electron chi connectivity index (χ2n) is 4.98. The van der Waals surface area contributed by atoms with E-state index in [1.807, 2.05) is 6.92 Å². The van der Waals surface area contributed by atoms with Gasteiger partial charge in [-0.1, -0.05) is 17.7 Å². The molecule has 1 aromatic carbocycles. The van der Waals surface area contributed by atoms with E-state index in [9.17, 15) is 8.42 Å². The molecular weight excluding hydrogens is 284 g/mol.